The van der Waals surface area contributed by atoms with Gasteiger partial charge in [-0.2, -0.15) is 5.10 Å². The monoisotopic (exact) mass is 408 g/mol. The second kappa shape index (κ2) is 7.83. The van der Waals surface area contributed by atoms with Gasteiger partial charge < -0.3 is 15.0 Å². The van der Waals surface area contributed by atoms with E-state index in [2.05, 4.69) is 34.5 Å². The van der Waals surface area contributed by atoms with Gasteiger partial charge in [0.15, 0.2) is 0 Å². The highest BCUT2D eigenvalue weighted by Crippen LogP contribution is 2.44. The molecule has 1 amide bonds. The molecule has 0 radical (unpaired) electrons. The number of hydrogen-bond acceptors (Lipinski definition) is 5. The number of nitrogens with zero attached hydrogens (tertiary/aromatic N) is 3. The summed E-state index contributed by atoms with van der Waals surface area (Å²) in [7, 11) is 5.70. The van der Waals surface area contributed by atoms with Crippen LogP contribution in [0.4, 0.5) is 11.5 Å². The van der Waals surface area contributed by atoms with E-state index in [9.17, 15) is 4.79 Å². The fourth-order valence-corrected chi connectivity index (χ4v) is 4.69. The minimum absolute atomic E-state index is 0.0154. The third kappa shape index (κ3) is 3.70. The predicted molar refractivity (Wildman–Crippen MR) is 119 cm³/mol. The van der Waals surface area contributed by atoms with Gasteiger partial charge in [0, 0.05) is 25.3 Å². The Hall–Kier alpha value is -2.93. The van der Waals surface area contributed by atoms with Crippen LogP contribution in [0.2, 0.25) is 0 Å². The molecular weight excluding hydrogens is 384 g/mol. The molecule has 4 rings (SSSR count). The molecule has 0 saturated carbocycles. The first-order valence-electron chi connectivity index (χ1n) is 9.40. The van der Waals surface area contributed by atoms with Crippen molar-refractivity contribution in [3.8, 4) is 11.4 Å². The average molecular weight is 409 g/mol. The smallest absolute Gasteiger partial charge is 0.235 e. The van der Waals surface area contributed by atoms with Gasteiger partial charge in [0.2, 0.25) is 5.91 Å². The van der Waals surface area contributed by atoms with Crippen LogP contribution in [-0.4, -0.2) is 42.6 Å². The van der Waals surface area contributed by atoms with Crippen molar-refractivity contribution in [2.75, 3.05) is 37.2 Å². The molecule has 1 atom stereocenters. The Morgan fingerprint density at radius 2 is 1.83 bits per heavy atom. The fourth-order valence-electron chi connectivity index (χ4n) is 3.50. The van der Waals surface area contributed by atoms with Gasteiger partial charge in [-0.3, -0.25) is 4.79 Å². The predicted octanol–water partition coefficient (Wildman–Crippen LogP) is 4.03. The molecule has 2 aromatic carbocycles. The van der Waals surface area contributed by atoms with Crippen molar-refractivity contribution >= 4 is 29.2 Å². The Morgan fingerprint density at radius 1 is 1.14 bits per heavy atom. The Bertz CT molecular complexity index is 1030. The third-order valence-electron chi connectivity index (χ3n) is 5.04. The second-order valence-corrected chi connectivity index (χ2v) is 8.28. The molecule has 7 heteroatoms. The number of carbonyl (C=O) groups is 1. The van der Waals surface area contributed by atoms with Crippen molar-refractivity contribution in [1.29, 1.82) is 0 Å². The molecule has 3 aromatic rings. The van der Waals surface area contributed by atoms with Crippen molar-refractivity contribution in [2.45, 2.75) is 12.2 Å². The van der Waals surface area contributed by atoms with Crippen LogP contribution in [0.1, 0.15) is 22.1 Å². The molecule has 0 bridgehead atoms. The Labute approximate surface area is 174 Å². The Morgan fingerprint density at radius 3 is 2.45 bits per heavy atom. The fraction of sp³-hybridized carbons (Fsp3) is 0.273. The topological polar surface area (TPSA) is 59.4 Å². The lowest BCUT2D eigenvalue weighted by Crippen LogP contribution is -2.15. The SMILES string of the molecule is COc1ccc(-n2nc(C)c3c2NC(=O)CS[C@@H]3c2ccc(N(C)C)cc2)cc1. The molecular formula is C22H24N4O2S. The molecule has 6 nitrogen and oxygen atoms in total. The molecule has 0 saturated heterocycles. The highest BCUT2D eigenvalue weighted by atomic mass is 32.2. The van der Waals surface area contributed by atoms with Gasteiger partial charge in [-0.15, -0.1) is 11.8 Å². The van der Waals surface area contributed by atoms with Crippen LogP contribution in [0.15, 0.2) is 48.5 Å². The van der Waals surface area contributed by atoms with E-state index in [0.717, 1.165) is 39.8 Å². The van der Waals surface area contributed by atoms with Gasteiger partial charge in [-0.1, -0.05) is 12.1 Å². The Balaban J connectivity index is 1.80. The lowest BCUT2D eigenvalue weighted by Gasteiger charge is -2.18. The van der Waals surface area contributed by atoms with E-state index in [1.165, 1.54) is 0 Å². The van der Waals surface area contributed by atoms with Crippen molar-refractivity contribution in [3.63, 3.8) is 0 Å². The zero-order valence-electron chi connectivity index (χ0n) is 17.0. The van der Waals surface area contributed by atoms with E-state index in [1.807, 2.05) is 50.0 Å². The van der Waals surface area contributed by atoms with Crippen LogP contribution in [-0.2, 0) is 4.79 Å². The maximum atomic E-state index is 12.5. The molecule has 0 spiro atoms. The van der Waals surface area contributed by atoms with E-state index in [4.69, 9.17) is 9.84 Å². The van der Waals surface area contributed by atoms with Crippen LogP contribution in [0.25, 0.3) is 5.69 Å². The van der Waals surface area contributed by atoms with Gasteiger partial charge in [0.25, 0.3) is 0 Å². The molecule has 0 aliphatic carbocycles. The first kappa shape index (κ1) is 19.4. The summed E-state index contributed by atoms with van der Waals surface area (Å²) in [6, 6.07) is 16.2. The van der Waals surface area contributed by atoms with E-state index < -0.39 is 0 Å². The summed E-state index contributed by atoms with van der Waals surface area (Å²) in [4.78, 5) is 14.5. The molecule has 1 aromatic heterocycles. The van der Waals surface area contributed by atoms with Gasteiger partial charge in [-0.25, -0.2) is 4.68 Å². The quantitative estimate of drug-likeness (QED) is 0.706. The third-order valence-corrected chi connectivity index (χ3v) is 6.31. The number of methoxy groups -OCH3 is 1. The lowest BCUT2D eigenvalue weighted by molar-refractivity contribution is -0.113. The normalized spacial score (nSPS) is 16.0. The van der Waals surface area contributed by atoms with Crippen molar-refractivity contribution in [2.24, 2.45) is 0 Å². The molecule has 0 fully saturated rings. The Kier molecular flexibility index (Phi) is 5.24. The molecule has 1 aliphatic heterocycles. The van der Waals surface area contributed by atoms with E-state index in [1.54, 1.807) is 18.9 Å². The number of fused-ring (bicyclic) bond motifs is 1. The number of rotatable bonds is 4. The molecule has 1 aliphatic rings. The van der Waals surface area contributed by atoms with Crippen LogP contribution in [0.3, 0.4) is 0 Å². The lowest BCUT2D eigenvalue weighted by atomic mass is 10.0. The minimum Gasteiger partial charge on any atom is -0.497 e. The summed E-state index contributed by atoms with van der Waals surface area (Å²) in [6.45, 7) is 2.00. The molecule has 1 N–H and O–H groups in total. The van der Waals surface area contributed by atoms with Crippen molar-refractivity contribution < 1.29 is 9.53 Å². The van der Waals surface area contributed by atoms with E-state index >= 15 is 0 Å². The van der Waals surface area contributed by atoms with E-state index in [-0.39, 0.29) is 11.2 Å². The second-order valence-electron chi connectivity index (χ2n) is 7.18. The van der Waals surface area contributed by atoms with Gasteiger partial charge in [0.1, 0.15) is 11.6 Å². The van der Waals surface area contributed by atoms with Crippen LogP contribution in [0, 0.1) is 6.92 Å². The van der Waals surface area contributed by atoms with Crippen LogP contribution >= 0.6 is 11.8 Å². The largest absolute Gasteiger partial charge is 0.497 e. The van der Waals surface area contributed by atoms with Crippen LogP contribution in [0.5, 0.6) is 5.75 Å². The van der Waals surface area contributed by atoms with Gasteiger partial charge >= 0.3 is 0 Å². The maximum Gasteiger partial charge on any atom is 0.235 e. The number of aryl methyl sites for hydroxylation is 1. The number of ether oxygens (including phenoxy) is 1. The molecule has 29 heavy (non-hydrogen) atoms. The number of benzene rings is 2. The number of thioether (sulfide) groups is 1. The highest BCUT2D eigenvalue weighted by Gasteiger charge is 2.30. The number of carbonyl (C=O) groups excluding carboxylic acids is 1. The average Bonchev–Trinajstić information content (AvgIpc) is 2.93. The highest BCUT2D eigenvalue weighted by molar-refractivity contribution is 8.00. The van der Waals surface area contributed by atoms with Gasteiger partial charge in [-0.05, 0) is 48.9 Å². The molecule has 150 valence electrons. The summed E-state index contributed by atoms with van der Waals surface area (Å²) < 4.78 is 7.07. The number of amides is 1. The van der Waals surface area contributed by atoms with Crippen LogP contribution < -0.4 is 15.0 Å². The number of anilines is 2. The maximum absolute atomic E-state index is 12.5. The molecule has 0 unspecified atom stereocenters. The van der Waals surface area contributed by atoms with Gasteiger partial charge in [0.05, 0.1) is 29.5 Å². The first-order valence-corrected chi connectivity index (χ1v) is 10.5. The van der Waals surface area contributed by atoms with Crippen molar-refractivity contribution in [1.82, 2.24) is 9.78 Å². The number of aromatic nitrogens is 2. The number of nitrogens with one attached hydrogen (secondary N) is 1. The number of hydrogen-bond donors (Lipinski definition) is 1. The summed E-state index contributed by atoms with van der Waals surface area (Å²) in [5.74, 6) is 1.90. The molecule has 2 heterocycles. The summed E-state index contributed by atoms with van der Waals surface area (Å²) in [6.07, 6.45) is 0. The summed E-state index contributed by atoms with van der Waals surface area (Å²) in [5, 5.41) is 7.86. The summed E-state index contributed by atoms with van der Waals surface area (Å²) in [5.41, 5.74) is 5.15. The summed E-state index contributed by atoms with van der Waals surface area (Å²) >= 11 is 1.63. The zero-order valence-corrected chi connectivity index (χ0v) is 17.8. The first-order chi connectivity index (χ1) is 14.0. The minimum atomic E-state index is -0.0154. The zero-order chi connectivity index (χ0) is 20.5. The standard InChI is InChI=1S/C22H24N4O2S/c1-14-20-21(15-5-7-16(8-6-15)25(2)3)29-13-19(27)23-22(20)26(24-14)17-9-11-18(28-4)12-10-17/h5-12,21H,13H2,1-4H3,(H,23,27)/t21-/m1/s1. The van der Waals surface area contributed by atoms with Crippen molar-refractivity contribution in [3.05, 3.63) is 65.4 Å². The van der Waals surface area contributed by atoms with E-state index in [0.29, 0.717) is 5.75 Å².